The molecule has 0 aliphatic heterocycles. The molecule has 0 spiro atoms. The summed E-state index contributed by atoms with van der Waals surface area (Å²) in [6.07, 6.45) is 74.7. The molecule has 0 aromatic rings. The maximum Gasteiger partial charge on any atom is 0.306 e. The van der Waals surface area contributed by atoms with Crippen LogP contribution in [0.15, 0.2) is 122 Å². The lowest BCUT2D eigenvalue weighted by Gasteiger charge is -2.18. The van der Waals surface area contributed by atoms with E-state index in [9.17, 15) is 14.4 Å². The highest BCUT2D eigenvalue weighted by atomic mass is 16.6. The van der Waals surface area contributed by atoms with Gasteiger partial charge in [-0.1, -0.05) is 271 Å². The third kappa shape index (κ3) is 52.6. The van der Waals surface area contributed by atoms with E-state index < -0.39 is 6.10 Å². The molecule has 0 bridgehead atoms. The van der Waals surface area contributed by atoms with E-state index in [4.69, 9.17) is 14.2 Å². The molecule has 0 fully saturated rings. The van der Waals surface area contributed by atoms with Gasteiger partial charge in [-0.3, -0.25) is 14.4 Å². The number of ether oxygens (including phenoxy) is 3. The molecule has 6 nitrogen and oxygen atoms in total. The van der Waals surface area contributed by atoms with Gasteiger partial charge in [-0.2, -0.15) is 0 Å². The van der Waals surface area contributed by atoms with Gasteiger partial charge >= 0.3 is 17.9 Å². The Morgan fingerprint density at radius 2 is 0.582 bits per heavy atom. The van der Waals surface area contributed by atoms with E-state index in [0.29, 0.717) is 19.3 Å². The van der Waals surface area contributed by atoms with Crippen molar-refractivity contribution in [3.05, 3.63) is 122 Å². The monoisotopic (exact) mass is 927 g/mol. The number of hydrogen-bond acceptors (Lipinski definition) is 6. The fourth-order valence-electron chi connectivity index (χ4n) is 7.19. The van der Waals surface area contributed by atoms with Crippen LogP contribution in [0.4, 0.5) is 0 Å². The van der Waals surface area contributed by atoms with Crippen molar-refractivity contribution in [1.82, 2.24) is 0 Å². The molecule has 1 atom stereocenters. The smallest absolute Gasteiger partial charge is 0.306 e. The Balaban J connectivity index is 4.51. The van der Waals surface area contributed by atoms with Gasteiger partial charge in [0, 0.05) is 19.3 Å². The number of esters is 3. The van der Waals surface area contributed by atoms with Crippen LogP contribution in [0.3, 0.4) is 0 Å². The molecular weight excluding hydrogens is 829 g/mol. The summed E-state index contributed by atoms with van der Waals surface area (Å²) in [5, 5.41) is 0. The number of carbonyl (C=O) groups is 3. The average Bonchev–Trinajstić information content (AvgIpc) is 3.33. The second-order valence-electron chi connectivity index (χ2n) is 17.6. The van der Waals surface area contributed by atoms with Gasteiger partial charge in [-0.25, -0.2) is 0 Å². The van der Waals surface area contributed by atoms with Crippen LogP contribution < -0.4 is 0 Å². The van der Waals surface area contributed by atoms with E-state index >= 15 is 0 Å². The molecule has 0 aromatic carbocycles. The highest BCUT2D eigenvalue weighted by molar-refractivity contribution is 5.71. The predicted octanol–water partition coefficient (Wildman–Crippen LogP) is 18.1. The summed E-state index contributed by atoms with van der Waals surface area (Å²) in [5.41, 5.74) is 0. The fourth-order valence-corrected chi connectivity index (χ4v) is 7.19. The van der Waals surface area contributed by atoms with Crippen molar-refractivity contribution >= 4 is 17.9 Å². The molecular formula is C61H98O6. The van der Waals surface area contributed by atoms with E-state index in [-0.39, 0.29) is 31.1 Å². The number of rotatable bonds is 47. The molecule has 0 rings (SSSR count). The van der Waals surface area contributed by atoms with Gasteiger partial charge in [-0.05, 0) is 57.8 Å². The van der Waals surface area contributed by atoms with Crippen LogP contribution in [0, 0.1) is 0 Å². The van der Waals surface area contributed by atoms with E-state index in [1.807, 2.05) is 72.9 Å². The van der Waals surface area contributed by atoms with E-state index in [0.717, 1.165) is 96.3 Å². The minimum absolute atomic E-state index is 0.105. The standard InChI is InChI=1S/C61H98O6/c1-4-7-10-13-16-19-22-25-27-29-30-32-33-36-39-42-45-48-51-54-60(63)66-57-58(56-65-59(62)53-50-47-44-41-38-35-24-21-18-15-12-9-6-3)67-61(64)55-52-49-46-43-40-37-34-31-28-26-23-20-17-14-11-8-5-2/h7,9-10,12-13,15-16,18-19,21-22,24-25,27,29-30,32-33,36,39,58H,4-6,8,11,14,17,20,23,26,28,31,34-35,37-38,40-57H2,1-3H3/b10-7+,12-9+,16-13+,18-15+,22-19+,24-21+,27-25+,30-29+,33-32+,39-36+. The third-order valence-electron chi connectivity index (χ3n) is 11.2. The Hall–Kier alpha value is -4.19. The molecule has 0 aliphatic carbocycles. The number of unbranched alkanes of at least 4 members (excludes halogenated alkanes) is 24. The van der Waals surface area contributed by atoms with Crippen molar-refractivity contribution < 1.29 is 28.6 Å². The van der Waals surface area contributed by atoms with Gasteiger partial charge in [0.2, 0.25) is 0 Å². The lowest BCUT2D eigenvalue weighted by atomic mass is 10.0. The first-order chi connectivity index (χ1) is 33.0. The molecule has 6 heteroatoms. The van der Waals surface area contributed by atoms with Crippen LogP contribution in [0.25, 0.3) is 0 Å². The molecule has 1 unspecified atom stereocenters. The van der Waals surface area contributed by atoms with Crippen LogP contribution in [-0.4, -0.2) is 37.2 Å². The highest BCUT2D eigenvalue weighted by Crippen LogP contribution is 2.15. The van der Waals surface area contributed by atoms with Crippen LogP contribution >= 0.6 is 0 Å². The summed E-state index contributed by atoms with van der Waals surface area (Å²) in [6.45, 7) is 6.30. The molecule has 0 heterocycles. The summed E-state index contributed by atoms with van der Waals surface area (Å²) in [6, 6.07) is 0. The summed E-state index contributed by atoms with van der Waals surface area (Å²) in [4.78, 5) is 38.1. The summed E-state index contributed by atoms with van der Waals surface area (Å²) in [7, 11) is 0. The van der Waals surface area contributed by atoms with Gasteiger partial charge in [-0.15, -0.1) is 0 Å². The Bertz CT molecular complexity index is 1440. The summed E-state index contributed by atoms with van der Waals surface area (Å²) < 4.78 is 16.8. The molecule has 67 heavy (non-hydrogen) atoms. The Morgan fingerprint density at radius 3 is 0.925 bits per heavy atom. The van der Waals surface area contributed by atoms with E-state index in [1.165, 1.54) is 89.9 Å². The van der Waals surface area contributed by atoms with Gasteiger partial charge in [0.05, 0.1) is 0 Å². The second kappa shape index (κ2) is 54.4. The topological polar surface area (TPSA) is 78.9 Å². The first-order valence-electron chi connectivity index (χ1n) is 27.2. The molecule has 0 aliphatic rings. The van der Waals surface area contributed by atoms with Crippen molar-refractivity contribution in [2.24, 2.45) is 0 Å². The van der Waals surface area contributed by atoms with Gasteiger partial charge in [0.1, 0.15) is 13.2 Å². The van der Waals surface area contributed by atoms with Crippen molar-refractivity contribution in [3.63, 3.8) is 0 Å². The molecule has 0 saturated heterocycles. The van der Waals surface area contributed by atoms with Gasteiger partial charge < -0.3 is 14.2 Å². The number of carbonyl (C=O) groups excluding carboxylic acids is 3. The lowest BCUT2D eigenvalue weighted by molar-refractivity contribution is -0.167. The second-order valence-corrected chi connectivity index (χ2v) is 17.6. The van der Waals surface area contributed by atoms with Crippen molar-refractivity contribution in [3.8, 4) is 0 Å². The zero-order valence-electron chi connectivity index (χ0n) is 43.1. The van der Waals surface area contributed by atoms with E-state index in [1.54, 1.807) is 0 Å². The molecule has 0 N–H and O–H groups in total. The highest BCUT2D eigenvalue weighted by Gasteiger charge is 2.19. The summed E-state index contributed by atoms with van der Waals surface area (Å²) in [5.74, 6) is -0.971. The average molecular weight is 927 g/mol. The van der Waals surface area contributed by atoms with Crippen molar-refractivity contribution in [2.75, 3.05) is 13.2 Å². The Morgan fingerprint density at radius 1 is 0.313 bits per heavy atom. The number of allylic oxidation sites excluding steroid dienone is 20. The van der Waals surface area contributed by atoms with Gasteiger partial charge in [0.25, 0.3) is 0 Å². The Kier molecular flexibility index (Phi) is 51.0. The first kappa shape index (κ1) is 62.8. The largest absolute Gasteiger partial charge is 0.462 e. The molecule has 0 saturated carbocycles. The van der Waals surface area contributed by atoms with Crippen LogP contribution in [0.2, 0.25) is 0 Å². The minimum Gasteiger partial charge on any atom is -0.462 e. The minimum atomic E-state index is -0.807. The first-order valence-corrected chi connectivity index (χ1v) is 27.2. The molecule has 0 aromatic heterocycles. The van der Waals surface area contributed by atoms with E-state index in [2.05, 4.69) is 69.4 Å². The SMILES string of the molecule is CC/C=C/C=C/C=C/C=C/C=C/C=C/C=C/CCCCCC(=O)OCC(COC(=O)CCCCCCC/C=C/C=C/C=C/CC)OC(=O)CCCCCCCCCCCCCCCCCCC. The van der Waals surface area contributed by atoms with Crippen LogP contribution in [0.5, 0.6) is 0 Å². The molecule has 0 radical (unpaired) electrons. The van der Waals surface area contributed by atoms with Gasteiger partial charge in [0.15, 0.2) is 6.10 Å². The van der Waals surface area contributed by atoms with Crippen molar-refractivity contribution in [2.45, 2.75) is 232 Å². The fraction of sp³-hybridized carbons (Fsp3) is 0.623. The normalized spacial score (nSPS) is 13.1. The maximum atomic E-state index is 12.8. The summed E-state index contributed by atoms with van der Waals surface area (Å²) >= 11 is 0. The van der Waals surface area contributed by atoms with Crippen LogP contribution in [-0.2, 0) is 28.6 Å². The predicted molar refractivity (Wildman–Crippen MR) is 288 cm³/mol. The quantitative estimate of drug-likeness (QED) is 0.0262. The molecule has 378 valence electrons. The Labute approximate surface area is 412 Å². The van der Waals surface area contributed by atoms with Crippen LogP contribution in [0.1, 0.15) is 226 Å². The zero-order chi connectivity index (χ0) is 48.6. The number of hydrogen-bond donors (Lipinski definition) is 0. The third-order valence-corrected chi connectivity index (χ3v) is 11.2. The zero-order valence-corrected chi connectivity index (χ0v) is 43.1. The maximum absolute atomic E-state index is 12.8. The molecule has 0 amide bonds. The van der Waals surface area contributed by atoms with Crippen molar-refractivity contribution in [1.29, 1.82) is 0 Å². The lowest BCUT2D eigenvalue weighted by Crippen LogP contribution is -2.30.